The van der Waals surface area contributed by atoms with Gasteiger partial charge in [0, 0.05) is 32.2 Å². The number of rotatable bonds is 4. The fraction of sp³-hybridized carbons (Fsp3) is 1.00. The fourth-order valence-corrected chi connectivity index (χ4v) is 2.71. The van der Waals surface area contributed by atoms with Crippen LogP contribution < -0.4 is 5.32 Å². The van der Waals surface area contributed by atoms with Crippen LogP contribution in [0.4, 0.5) is 0 Å². The summed E-state index contributed by atoms with van der Waals surface area (Å²) >= 11 is 0. The molecule has 15 heavy (non-hydrogen) atoms. The first-order valence-electron chi connectivity index (χ1n) is 6.61. The summed E-state index contributed by atoms with van der Waals surface area (Å²) in [7, 11) is 0. The first-order chi connectivity index (χ1) is 7.15. The van der Waals surface area contributed by atoms with E-state index in [-0.39, 0.29) is 0 Å². The molecular weight excluding hydrogens is 184 g/mol. The Bertz CT molecular complexity index is 209. The molecule has 1 unspecified atom stereocenters. The summed E-state index contributed by atoms with van der Waals surface area (Å²) in [6.45, 7) is 12.1. The summed E-state index contributed by atoms with van der Waals surface area (Å²) in [4.78, 5) is 2.69. The van der Waals surface area contributed by atoms with E-state index in [0.29, 0.717) is 6.04 Å². The summed E-state index contributed by atoms with van der Waals surface area (Å²) in [6.07, 6.45) is 4.32. The molecule has 0 spiro atoms. The van der Waals surface area contributed by atoms with Crippen molar-refractivity contribution in [1.29, 1.82) is 0 Å². The van der Waals surface area contributed by atoms with E-state index in [1.54, 1.807) is 0 Å². The van der Waals surface area contributed by atoms with Crippen LogP contribution in [0, 0.1) is 11.3 Å². The van der Waals surface area contributed by atoms with Crippen LogP contribution in [0.3, 0.4) is 0 Å². The van der Waals surface area contributed by atoms with Gasteiger partial charge in [-0.3, -0.25) is 4.90 Å². The average Bonchev–Trinajstić information content (AvgIpc) is 2.99. The summed E-state index contributed by atoms with van der Waals surface area (Å²) in [5.74, 6) is 0.768. The molecule has 1 aliphatic carbocycles. The molecule has 2 nitrogen and oxygen atoms in total. The van der Waals surface area contributed by atoms with E-state index in [1.807, 2.05) is 0 Å². The second-order valence-corrected chi connectivity index (χ2v) is 5.89. The Hall–Kier alpha value is -0.0800. The Balaban J connectivity index is 1.82. The first kappa shape index (κ1) is 11.4. The molecule has 1 N–H and O–H groups in total. The Morgan fingerprint density at radius 2 is 2.13 bits per heavy atom. The van der Waals surface area contributed by atoms with Gasteiger partial charge in [-0.2, -0.15) is 0 Å². The van der Waals surface area contributed by atoms with Crippen molar-refractivity contribution in [3.8, 4) is 0 Å². The molecule has 0 radical (unpaired) electrons. The van der Waals surface area contributed by atoms with Gasteiger partial charge in [0.25, 0.3) is 0 Å². The average molecular weight is 210 g/mol. The molecule has 1 heterocycles. The number of hydrogen-bond acceptors (Lipinski definition) is 2. The normalized spacial score (nSPS) is 30.8. The van der Waals surface area contributed by atoms with Crippen molar-refractivity contribution < 1.29 is 0 Å². The van der Waals surface area contributed by atoms with E-state index in [4.69, 9.17) is 0 Å². The predicted molar refractivity (Wildman–Crippen MR) is 65.0 cm³/mol. The largest absolute Gasteiger partial charge is 0.311 e. The van der Waals surface area contributed by atoms with Gasteiger partial charge in [0.1, 0.15) is 0 Å². The summed E-state index contributed by atoms with van der Waals surface area (Å²) in [6, 6.07) is 0.714. The Kier molecular flexibility index (Phi) is 3.36. The number of piperazine rings is 1. The van der Waals surface area contributed by atoms with Gasteiger partial charge in [0.2, 0.25) is 0 Å². The molecule has 1 saturated heterocycles. The smallest absolute Gasteiger partial charge is 0.0218 e. The second kappa shape index (κ2) is 4.42. The van der Waals surface area contributed by atoms with Crippen LogP contribution in [0.2, 0.25) is 0 Å². The van der Waals surface area contributed by atoms with E-state index in [1.165, 1.54) is 45.4 Å². The molecular formula is C13H26N2. The minimum Gasteiger partial charge on any atom is -0.311 e. The van der Waals surface area contributed by atoms with Crippen LogP contribution in [0.5, 0.6) is 0 Å². The molecule has 88 valence electrons. The van der Waals surface area contributed by atoms with Crippen molar-refractivity contribution in [3.05, 3.63) is 0 Å². The van der Waals surface area contributed by atoms with Crippen LogP contribution in [0.25, 0.3) is 0 Å². The van der Waals surface area contributed by atoms with Crippen LogP contribution >= 0.6 is 0 Å². The van der Waals surface area contributed by atoms with E-state index >= 15 is 0 Å². The van der Waals surface area contributed by atoms with Gasteiger partial charge in [0.05, 0.1) is 0 Å². The molecule has 2 aliphatic rings. The highest BCUT2D eigenvalue weighted by Crippen LogP contribution is 2.49. The quantitative estimate of drug-likeness (QED) is 0.764. The molecule has 0 aromatic carbocycles. The van der Waals surface area contributed by atoms with Gasteiger partial charge >= 0.3 is 0 Å². The summed E-state index contributed by atoms with van der Waals surface area (Å²) in [5, 5.41) is 3.63. The standard InChI is InChI=1S/C13H26N2/c1-4-13(5-6-13)10-15-8-7-14-12(9-15)11(2)3/h11-12,14H,4-10H2,1-3H3. The monoisotopic (exact) mass is 210 g/mol. The van der Waals surface area contributed by atoms with Crippen LogP contribution in [0.15, 0.2) is 0 Å². The third kappa shape index (κ3) is 2.73. The van der Waals surface area contributed by atoms with E-state index in [9.17, 15) is 0 Å². The molecule has 0 aromatic rings. The van der Waals surface area contributed by atoms with E-state index in [0.717, 1.165) is 11.3 Å². The molecule has 1 atom stereocenters. The zero-order chi connectivity index (χ0) is 10.9. The lowest BCUT2D eigenvalue weighted by Gasteiger charge is -2.37. The zero-order valence-electron chi connectivity index (χ0n) is 10.6. The molecule has 0 aromatic heterocycles. The number of hydrogen-bond donors (Lipinski definition) is 1. The van der Waals surface area contributed by atoms with Gasteiger partial charge < -0.3 is 5.32 Å². The third-order valence-electron chi connectivity index (χ3n) is 4.36. The lowest BCUT2D eigenvalue weighted by atomic mass is 9.98. The molecule has 0 amide bonds. The van der Waals surface area contributed by atoms with Crippen molar-refractivity contribution in [2.45, 2.75) is 46.1 Å². The Morgan fingerprint density at radius 1 is 1.40 bits per heavy atom. The van der Waals surface area contributed by atoms with Crippen molar-refractivity contribution in [2.24, 2.45) is 11.3 Å². The molecule has 1 aliphatic heterocycles. The third-order valence-corrected chi connectivity index (χ3v) is 4.36. The fourth-order valence-electron chi connectivity index (χ4n) is 2.71. The summed E-state index contributed by atoms with van der Waals surface area (Å²) < 4.78 is 0. The Morgan fingerprint density at radius 3 is 2.67 bits per heavy atom. The lowest BCUT2D eigenvalue weighted by molar-refractivity contribution is 0.145. The maximum atomic E-state index is 3.63. The van der Waals surface area contributed by atoms with Crippen molar-refractivity contribution in [1.82, 2.24) is 10.2 Å². The highest BCUT2D eigenvalue weighted by Gasteiger charge is 2.42. The van der Waals surface area contributed by atoms with E-state index < -0.39 is 0 Å². The molecule has 2 rings (SSSR count). The van der Waals surface area contributed by atoms with Crippen molar-refractivity contribution in [2.75, 3.05) is 26.2 Å². The maximum Gasteiger partial charge on any atom is 0.0218 e. The molecule has 1 saturated carbocycles. The topological polar surface area (TPSA) is 15.3 Å². The van der Waals surface area contributed by atoms with Crippen molar-refractivity contribution in [3.63, 3.8) is 0 Å². The van der Waals surface area contributed by atoms with E-state index in [2.05, 4.69) is 31.0 Å². The van der Waals surface area contributed by atoms with Gasteiger partial charge in [-0.25, -0.2) is 0 Å². The van der Waals surface area contributed by atoms with Gasteiger partial charge in [-0.1, -0.05) is 20.8 Å². The minimum atomic E-state index is 0.714. The van der Waals surface area contributed by atoms with Gasteiger partial charge in [-0.05, 0) is 30.6 Å². The second-order valence-electron chi connectivity index (χ2n) is 5.89. The van der Waals surface area contributed by atoms with Gasteiger partial charge in [0.15, 0.2) is 0 Å². The first-order valence-corrected chi connectivity index (χ1v) is 6.61. The highest BCUT2D eigenvalue weighted by atomic mass is 15.2. The Labute approximate surface area is 94.4 Å². The van der Waals surface area contributed by atoms with Gasteiger partial charge in [-0.15, -0.1) is 0 Å². The number of nitrogens with zero attached hydrogens (tertiary/aromatic N) is 1. The van der Waals surface area contributed by atoms with Crippen LogP contribution in [0.1, 0.15) is 40.0 Å². The van der Waals surface area contributed by atoms with Crippen LogP contribution in [-0.2, 0) is 0 Å². The zero-order valence-corrected chi connectivity index (χ0v) is 10.6. The molecule has 2 heteroatoms. The molecule has 2 fully saturated rings. The highest BCUT2D eigenvalue weighted by molar-refractivity contribution is 4.95. The summed E-state index contributed by atoms with van der Waals surface area (Å²) in [5.41, 5.74) is 0.721. The SMILES string of the molecule is CCC1(CN2CCNC(C(C)C)C2)CC1. The number of nitrogens with one attached hydrogen (secondary N) is 1. The molecule has 0 bridgehead atoms. The lowest BCUT2D eigenvalue weighted by Crippen LogP contribution is -2.53. The maximum absolute atomic E-state index is 3.63. The predicted octanol–water partition coefficient (Wildman–Crippen LogP) is 2.11. The minimum absolute atomic E-state index is 0.714. The van der Waals surface area contributed by atoms with Crippen LogP contribution in [-0.4, -0.2) is 37.1 Å². The van der Waals surface area contributed by atoms with Crippen molar-refractivity contribution >= 4 is 0 Å².